The topological polar surface area (TPSA) is 4.93 Å². The van der Waals surface area contributed by atoms with Gasteiger partial charge in [0.25, 0.3) is 0 Å². The molecule has 0 aliphatic carbocycles. The number of hydrogen-bond donors (Lipinski definition) is 0. The predicted octanol–water partition coefficient (Wildman–Crippen LogP) is 3.07. The van der Waals surface area contributed by atoms with Crippen molar-refractivity contribution in [3.05, 3.63) is 35.2 Å². The molecule has 0 atom stereocenters. The van der Waals surface area contributed by atoms with Crippen LogP contribution in [0.3, 0.4) is 0 Å². The number of aromatic nitrogens is 1. The molecule has 0 aliphatic rings. The lowest BCUT2D eigenvalue weighted by atomic mass is 10.3. The zero-order valence-corrected chi connectivity index (χ0v) is 8.39. The van der Waals surface area contributed by atoms with Gasteiger partial charge in [-0.25, -0.2) is 0 Å². The Kier molecular flexibility index (Phi) is 2.74. The summed E-state index contributed by atoms with van der Waals surface area (Å²) in [4.78, 5) is 0. The standard InChI is InChI=1S/C11H17N/c1-9(2)7-8-12-10(3)5-6-11(12)4/h5-7H,8H2,1-4H3. The highest BCUT2D eigenvalue weighted by Gasteiger charge is 1.97. The monoisotopic (exact) mass is 163 g/mol. The van der Waals surface area contributed by atoms with E-state index in [4.69, 9.17) is 0 Å². The number of nitrogens with zero attached hydrogens (tertiary/aromatic N) is 1. The normalized spacial score (nSPS) is 10.0. The van der Waals surface area contributed by atoms with Crippen molar-refractivity contribution in [3.8, 4) is 0 Å². The first kappa shape index (κ1) is 9.11. The fourth-order valence-corrected chi connectivity index (χ4v) is 1.26. The average Bonchev–Trinajstić information content (AvgIpc) is 2.28. The van der Waals surface area contributed by atoms with Gasteiger partial charge in [-0.05, 0) is 39.8 Å². The lowest BCUT2D eigenvalue weighted by molar-refractivity contribution is 0.764. The molecule has 0 bridgehead atoms. The van der Waals surface area contributed by atoms with Crippen molar-refractivity contribution < 1.29 is 0 Å². The molecule has 1 aromatic heterocycles. The molecule has 0 spiro atoms. The van der Waals surface area contributed by atoms with E-state index in [1.54, 1.807) is 0 Å². The molecule has 0 amide bonds. The molecule has 1 rings (SSSR count). The Hall–Kier alpha value is -0.980. The van der Waals surface area contributed by atoms with Crippen molar-refractivity contribution in [2.24, 2.45) is 0 Å². The van der Waals surface area contributed by atoms with Gasteiger partial charge in [0.1, 0.15) is 0 Å². The van der Waals surface area contributed by atoms with Crippen LogP contribution in [0.2, 0.25) is 0 Å². The smallest absolute Gasteiger partial charge is 0.0407 e. The zero-order valence-electron chi connectivity index (χ0n) is 8.39. The Labute approximate surface area is 74.7 Å². The van der Waals surface area contributed by atoms with Gasteiger partial charge in [-0.3, -0.25) is 0 Å². The van der Waals surface area contributed by atoms with Crippen LogP contribution in [0, 0.1) is 13.8 Å². The molecule has 0 aliphatic heterocycles. The van der Waals surface area contributed by atoms with Gasteiger partial charge < -0.3 is 4.57 Å². The minimum Gasteiger partial charge on any atom is -0.345 e. The van der Waals surface area contributed by atoms with Gasteiger partial charge in [0.2, 0.25) is 0 Å². The predicted molar refractivity (Wildman–Crippen MR) is 53.3 cm³/mol. The van der Waals surface area contributed by atoms with E-state index in [9.17, 15) is 0 Å². The van der Waals surface area contributed by atoms with E-state index in [1.165, 1.54) is 17.0 Å². The molecule has 1 heterocycles. The highest BCUT2D eigenvalue weighted by atomic mass is 15.0. The molecule has 0 N–H and O–H groups in total. The quantitative estimate of drug-likeness (QED) is 0.590. The summed E-state index contributed by atoms with van der Waals surface area (Å²) in [6, 6.07) is 4.32. The maximum atomic E-state index is 2.31. The van der Waals surface area contributed by atoms with Crippen LogP contribution in [-0.2, 0) is 6.54 Å². The van der Waals surface area contributed by atoms with Gasteiger partial charge in [-0.15, -0.1) is 0 Å². The summed E-state index contributed by atoms with van der Waals surface area (Å²) in [5.41, 5.74) is 4.05. The fourth-order valence-electron chi connectivity index (χ4n) is 1.26. The summed E-state index contributed by atoms with van der Waals surface area (Å²) in [5, 5.41) is 0. The van der Waals surface area contributed by atoms with E-state index in [0.717, 1.165) is 6.54 Å². The van der Waals surface area contributed by atoms with Crippen molar-refractivity contribution in [1.82, 2.24) is 4.57 Å². The Morgan fingerprint density at radius 2 is 1.75 bits per heavy atom. The Morgan fingerprint density at radius 3 is 2.17 bits per heavy atom. The van der Waals surface area contributed by atoms with Gasteiger partial charge in [0, 0.05) is 17.9 Å². The first-order chi connectivity index (χ1) is 5.61. The van der Waals surface area contributed by atoms with Crippen molar-refractivity contribution in [2.75, 3.05) is 0 Å². The number of rotatable bonds is 2. The summed E-state index contributed by atoms with van der Waals surface area (Å²) >= 11 is 0. The van der Waals surface area contributed by atoms with E-state index in [1.807, 2.05) is 0 Å². The molecule has 66 valence electrons. The summed E-state index contributed by atoms with van der Waals surface area (Å²) in [5.74, 6) is 0. The Balaban J connectivity index is 2.81. The van der Waals surface area contributed by atoms with Crippen LogP contribution >= 0.6 is 0 Å². The largest absolute Gasteiger partial charge is 0.345 e. The molecule has 1 heteroatoms. The molecule has 0 saturated carbocycles. The number of allylic oxidation sites excluding steroid dienone is 2. The molecule has 0 fully saturated rings. The zero-order chi connectivity index (χ0) is 9.14. The molecule has 0 aromatic carbocycles. The molecule has 12 heavy (non-hydrogen) atoms. The lowest BCUT2D eigenvalue weighted by Crippen LogP contribution is -1.99. The first-order valence-corrected chi connectivity index (χ1v) is 4.37. The molecule has 0 saturated heterocycles. The maximum Gasteiger partial charge on any atom is 0.0407 e. The Morgan fingerprint density at radius 1 is 1.25 bits per heavy atom. The van der Waals surface area contributed by atoms with Crippen molar-refractivity contribution in [1.29, 1.82) is 0 Å². The lowest BCUT2D eigenvalue weighted by Gasteiger charge is -2.05. The Bertz CT molecular complexity index is 268. The fraction of sp³-hybridized carbons (Fsp3) is 0.455. The summed E-state index contributed by atoms with van der Waals surface area (Å²) < 4.78 is 2.31. The second-order valence-electron chi connectivity index (χ2n) is 3.51. The van der Waals surface area contributed by atoms with E-state index in [0.29, 0.717) is 0 Å². The molecular formula is C11H17N. The molecular weight excluding hydrogens is 146 g/mol. The van der Waals surface area contributed by atoms with E-state index >= 15 is 0 Å². The molecule has 1 aromatic rings. The summed E-state index contributed by atoms with van der Waals surface area (Å²) in [7, 11) is 0. The second-order valence-corrected chi connectivity index (χ2v) is 3.51. The molecule has 1 nitrogen and oxygen atoms in total. The van der Waals surface area contributed by atoms with Crippen LogP contribution in [0.4, 0.5) is 0 Å². The van der Waals surface area contributed by atoms with E-state index < -0.39 is 0 Å². The van der Waals surface area contributed by atoms with Gasteiger partial charge in [-0.1, -0.05) is 11.6 Å². The van der Waals surface area contributed by atoms with Gasteiger partial charge in [0.15, 0.2) is 0 Å². The second kappa shape index (κ2) is 3.61. The highest BCUT2D eigenvalue weighted by Crippen LogP contribution is 2.07. The summed E-state index contributed by atoms with van der Waals surface area (Å²) in [6.45, 7) is 9.56. The minimum atomic E-state index is 1.01. The van der Waals surface area contributed by atoms with Crippen LogP contribution in [0.1, 0.15) is 25.2 Å². The van der Waals surface area contributed by atoms with E-state index in [2.05, 4.69) is 50.5 Å². The van der Waals surface area contributed by atoms with Crippen LogP contribution in [0.25, 0.3) is 0 Å². The van der Waals surface area contributed by atoms with Crippen LogP contribution in [0.15, 0.2) is 23.8 Å². The number of hydrogen-bond acceptors (Lipinski definition) is 0. The van der Waals surface area contributed by atoms with Gasteiger partial charge >= 0.3 is 0 Å². The van der Waals surface area contributed by atoms with Gasteiger partial charge in [0.05, 0.1) is 0 Å². The van der Waals surface area contributed by atoms with Crippen molar-refractivity contribution in [2.45, 2.75) is 34.2 Å². The molecule has 0 radical (unpaired) electrons. The van der Waals surface area contributed by atoms with Crippen molar-refractivity contribution in [3.63, 3.8) is 0 Å². The van der Waals surface area contributed by atoms with E-state index in [-0.39, 0.29) is 0 Å². The highest BCUT2D eigenvalue weighted by molar-refractivity contribution is 5.14. The SMILES string of the molecule is CC(C)=CCn1c(C)ccc1C. The van der Waals surface area contributed by atoms with Crippen LogP contribution in [0.5, 0.6) is 0 Å². The number of aryl methyl sites for hydroxylation is 2. The third-order valence-electron chi connectivity index (χ3n) is 2.10. The first-order valence-electron chi connectivity index (χ1n) is 4.37. The molecule has 0 unspecified atom stereocenters. The minimum absolute atomic E-state index is 1.01. The van der Waals surface area contributed by atoms with Crippen LogP contribution in [-0.4, -0.2) is 4.57 Å². The summed E-state index contributed by atoms with van der Waals surface area (Å²) in [6.07, 6.45) is 2.25. The van der Waals surface area contributed by atoms with Gasteiger partial charge in [-0.2, -0.15) is 0 Å². The van der Waals surface area contributed by atoms with Crippen LogP contribution < -0.4 is 0 Å². The maximum absolute atomic E-state index is 2.31. The third kappa shape index (κ3) is 2.00. The average molecular weight is 163 g/mol. The van der Waals surface area contributed by atoms with Crippen molar-refractivity contribution >= 4 is 0 Å². The third-order valence-corrected chi connectivity index (χ3v) is 2.10.